The van der Waals surface area contributed by atoms with Crippen molar-refractivity contribution >= 4 is 0 Å². The topological polar surface area (TPSA) is 34.6 Å². The third-order valence-electron chi connectivity index (χ3n) is 3.87. The third-order valence-corrected chi connectivity index (χ3v) is 3.87. The Kier molecular flexibility index (Phi) is 3.99. The molecule has 0 aliphatic carbocycles. The van der Waals surface area contributed by atoms with Gasteiger partial charge < -0.3 is 9.47 Å². The quantitative estimate of drug-likeness (QED) is 0.840. The van der Waals surface area contributed by atoms with Crippen molar-refractivity contribution in [2.45, 2.75) is 38.6 Å². The van der Waals surface area contributed by atoms with Crippen LogP contribution >= 0.6 is 0 Å². The second kappa shape index (κ2) is 5.37. The summed E-state index contributed by atoms with van der Waals surface area (Å²) in [7, 11) is 3.37. The largest absolute Gasteiger partial charge is 0.496 e. The summed E-state index contributed by atoms with van der Waals surface area (Å²) in [5.74, 6) is 2.01. The molecule has 4 nitrogen and oxygen atoms in total. The molecule has 0 aromatic carbocycles. The lowest BCUT2D eigenvalue weighted by Gasteiger charge is -2.31. The lowest BCUT2D eigenvalue weighted by Crippen LogP contribution is -2.39. The number of aromatic nitrogens is 1. The normalized spacial score (nSPS) is 20.6. The molecular weight excluding hydrogens is 240 g/mol. The first kappa shape index (κ1) is 14.1. The van der Waals surface area contributed by atoms with Crippen LogP contribution in [0.3, 0.4) is 0 Å². The molecule has 1 atom stereocenters. The maximum atomic E-state index is 5.48. The summed E-state index contributed by atoms with van der Waals surface area (Å²) >= 11 is 0. The summed E-state index contributed by atoms with van der Waals surface area (Å²) in [6.07, 6.45) is 2.85. The van der Waals surface area contributed by atoms with E-state index < -0.39 is 0 Å². The predicted octanol–water partition coefficient (Wildman–Crippen LogP) is 2.69. The molecule has 1 aliphatic heterocycles. The Hall–Kier alpha value is -1.29. The van der Waals surface area contributed by atoms with Crippen molar-refractivity contribution in [3.05, 3.63) is 17.8 Å². The summed E-state index contributed by atoms with van der Waals surface area (Å²) in [5.41, 5.74) is 1.32. The number of ether oxygens (including phenoxy) is 2. The van der Waals surface area contributed by atoms with Gasteiger partial charge in [-0.25, -0.2) is 4.98 Å². The van der Waals surface area contributed by atoms with Crippen LogP contribution in [0, 0.1) is 0 Å². The average Bonchev–Trinajstić information content (AvgIpc) is 2.86. The Morgan fingerprint density at radius 2 is 2.00 bits per heavy atom. The Labute approximate surface area is 115 Å². The fraction of sp³-hybridized carbons (Fsp3) is 0.667. The molecule has 0 N–H and O–H groups in total. The predicted molar refractivity (Wildman–Crippen MR) is 76.0 cm³/mol. The van der Waals surface area contributed by atoms with Gasteiger partial charge in [-0.2, -0.15) is 0 Å². The maximum absolute atomic E-state index is 5.48. The number of rotatable bonds is 3. The van der Waals surface area contributed by atoms with Crippen molar-refractivity contribution < 1.29 is 9.47 Å². The van der Waals surface area contributed by atoms with E-state index in [1.807, 2.05) is 6.07 Å². The minimum atomic E-state index is 0.206. The maximum Gasteiger partial charge on any atom is 0.220 e. The number of hydrogen-bond acceptors (Lipinski definition) is 4. The fourth-order valence-electron chi connectivity index (χ4n) is 2.76. The van der Waals surface area contributed by atoms with Crippen LogP contribution in [0.1, 0.15) is 38.7 Å². The highest BCUT2D eigenvalue weighted by Crippen LogP contribution is 2.40. The van der Waals surface area contributed by atoms with E-state index in [0.29, 0.717) is 11.8 Å². The van der Waals surface area contributed by atoms with Crippen LogP contribution in [0.4, 0.5) is 0 Å². The first-order chi connectivity index (χ1) is 8.97. The van der Waals surface area contributed by atoms with E-state index in [2.05, 4.69) is 30.7 Å². The van der Waals surface area contributed by atoms with Crippen LogP contribution in [-0.2, 0) is 0 Å². The standard InChI is InChI=1S/C15H24N2O2/c1-15(2,3)17-9-7-11(10-17)13-12(18-4)6-8-16-14(13)19-5/h6,8,11H,7,9-10H2,1-5H3. The zero-order valence-electron chi connectivity index (χ0n) is 12.6. The molecule has 106 valence electrons. The minimum absolute atomic E-state index is 0.206. The molecule has 1 fully saturated rings. The number of methoxy groups -OCH3 is 2. The number of hydrogen-bond donors (Lipinski definition) is 0. The van der Waals surface area contributed by atoms with Gasteiger partial charge in [-0.15, -0.1) is 0 Å². The Bertz CT molecular complexity index is 418. The molecule has 2 heterocycles. The summed E-state index contributed by atoms with van der Waals surface area (Å²) in [6, 6.07) is 1.91. The summed E-state index contributed by atoms with van der Waals surface area (Å²) in [4.78, 5) is 6.82. The SMILES string of the molecule is COc1ccnc(OC)c1C1CCN(C(C)(C)C)C1. The molecule has 0 saturated carbocycles. The van der Waals surface area contributed by atoms with Crippen LogP contribution < -0.4 is 9.47 Å². The van der Waals surface area contributed by atoms with Crippen molar-refractivity contribution in [1.82, 2.24) is 9.88 Å². The second-order valence-corrected chi connectivity index (χ2v) is 6.04. The highest BCUT2D eigenvalue weighted by molar-refractivity contribution is 5.43. The second-order valence-electron chi connectivity index (χ2n) is 6.04. The van der Waals surface area contributed by atoms with Crippen molar-refractivity contribution in [3.63, 3.8) is 0 Å². The van der Waals surface area contributed by atoms with Gasteiger partial charge in [0, 0.05) is 24.2 Å². The molecule has 19 heavy (non-hydrogen) atoms. The van der Waals surface area contributed by atoms with Crippen molar-refractivity contribution in [3.8, 4) is 11.6 Å². The molecule has 1 aliphatic rings. The van der Waals surface area contributed by atoms with Crippen LogP contribution in [0.15, 0.2) is 12.3 Å². The van der Waals surface area contributed by atoms with E-state index in [-0.39, 0.29) is 5.54 Å². The van der Waals surface area contributed by atoms with Crippen LogP contribution in [-0.4, -0.2) is 42.7 Å². The van der Waals surface area contributed by atoms with Gasteiger partial charge >= 0.3 is 0 Å². The number of pyridine rings is 1. The van der Waals surface area contributed by atoms with E-state index in [4.69, 9.17) is 9.47 Å². The zero-order chi connectivity index (χ0) is 14.0. The molecule has 0 spiro atoms. The van der Waals surface area contributed by atoms with Gasteiger partial charge in [0.05, 0.1) is 19.8 Å². The van der Waals surface area contributed by atoms with E-state index >= 15 is 0 Å². The lowest BCUT2D eigenvalue weighted by molar-refractivity contribution is 0.172. The van der Waals surface area contributed by atoms with Crippen LogP contribution in [0.2, 0.25) is 0 Å². The van der Waals surface area contributed by atoms with Gasteiger partial charge in [0.2, 0.25) is 5.88 Å². The van der Waals surface area contributed by atoms with Gasteiger partial charge in [-0.3, -0.25) is 4.90 Å². The molecule has 1 saturated heterocycles. The van der Waals surface area contributed by atoms with Gasteiger partial charge in [0.15, 0.2) is 0 Å². The molecule has 0 amide bonds. The number of likely N-dealkylation sites (tertiary alicyclic amines) is 1. The van der Waals surface area contributed by atoms with Gasteiger partial charge in [-0.1, -0.05) is 0 Å². The molecule has 4 heteroatoms. The van der Waals surface area contributed by atoms with Crippen LogP contribution in [0.25, 0.3) is 0 Å². The lowest BCUT2D eigenvalue weighted by atomic mass is 9.98. The zero-order valence-corrected chi connectivity index (χ0v) is 12.6. The van der Waals surface area contributed by atoms with Gasteiger partial charge in [0.1, 0.15) is 5.75 Å². The minimum Gasteiger partial charge on any atom is -0.496 e. The number of nitrogens with zero attached hydrogens (tertiary/aromatic N) is 2. The first-order valence-corrected chi connectivity index (χ1v) is 6.79. The van der Waals surface area contributed by atoms with Crippen molar-refractivity contribution in [2.75, 3.05) is 27.3 Å². The molecule has 1 aromatic rings. The van der Waals surface area contributed by atoms with E-state index in [9.17, 15) is 0 Å². The molecule has 1 aromatic heterocycles. The third kappa shape index (κ3) is 2.84. The van der Waals surface area contributed by atoms with Gasteiger partial charge in [0.25, 0.3) is 0 Å². The molecule has 0 bridgehead atoms. The summed E-state index contributed by atoms with van der Waals surface area (Å²) < 4.78 is 10.9. The monoisotopic (exact) mass is 264 g/mol. The summed E-state index contributed by atoms with van der Waals surface area (Å²) in [6.45, 7) is 8.91. The van der Waals surface area contributed by atoms with Crippen molar-refractivity contribution in [1.29, 1.82) is 0 Å². The molecule has 0 radical (unpaired) electrons. The smallest absolute Gasteiger partial charge is 0.220 e. The Morgan fingerprint density at radius 3 is 2.53 bits per heavy atom. The van der Waals surface area contributed by atoms with E-state index in [0.717, 1.165) is 30.8 Å². The molecule has 1 unspecified atom stereocenters. The highest BCUT2D eigenvalue weighted by Gasteiger charge is 2.34. The highest BCUT2D eigenvalue weighted by atomic mass is 16.5. The molecular formula is C15H24N2O2. The van der Waals surface area contributed by atoms with E-state index in [1.54, 1.807) is 20.4 Å². The van der Waals surface area contributed by atoms with Gasteiger partial charge in [-0.05, 0) is 39.8 Å². The van der Waals surface area contributed by atoms with E-state index in [1.165, 1.54) is 0 Å². The van der Waals surface area contributed by atoms with Crippen molar-refractivity contribution in [2.24, 2.45) is 0 Å². The Balaban J connectivity index is 2.28. The Morgan fingerprint density at radius 1 is 1.26 bits per heavy atom. The average molecular weight is 264 g/mol. The van der Waals surface area contributed by atoms with Crippen LogP contribution in [0.5, 0.6) is 11.6 Å². The molecule has 2 rings (SSSR count). The summed E-state index contributed by atoms with van der Waals surface area (Å²) in [5, 5.41) is 0. The first-order valence-electron chi connectivity index (χ1n) is 6.79. The fourth-order valence-corrected chi connectivity index (χ4v) is 2.76.